The second-order valence-electron chi connectivity index (χ2n) is 1.99. The lowest BCUT2D eigenvalue weighted by Crippen LogP contribution is -2.41. The minimum Gasteiger partial charge on any atom is -0.529 e. The van der Waals surface area contributed by atoms with Gasteiger partial charge in [0.25, 0.3) is 0 Å². The smallest absolute Gasteiger partial charge is 0.150 e. The highest BCUT2D eigenvalue weighted by Crippen LogP contribution is 2.26. The fraction of sp³-hybridized carbons (Fsp3) is 0. The van der Waals surface area contributed by atoms with E-state index < -0.39 is 6.09 Å². The van der Waals surface area contributed by atoms with Crippen molar-refractivity contribution in [2.75, 3.05) is 0 Å². The number of quaternary nitrogens is 1. The summed E-state index contributed by atoms with van der Waals surface area (Å²) in [5, 5.41) is 9.90. The average molecular weight is 233 g/mol. The summed E-state index contributed by atoms with van der Waals surface area (Å²) in [4.78, 5) is 13.3. The van der Waals surface area contributed by atoms with Crippen LogP contribution in [0.2, 0.25) is 0 Å². The zero-order valence-corrected chi connectivity index (χ0v) is 9.15. The SMILES string of the molecule is O=C([O-])NNSSc1ccccc1.[NH4+]. The van der Waals surface area contributed by atoms with Crippen molar-refractivity contribution < 1.29 is 9.90 Å². The Balaban J connectivity index is 0.00000169. The maximum absolute atomic E-state index is 9.90. The molecule has 0 aliphatic carbocycles. The lowest BCUT2D eigenvalue weighted by atomic mass is 10.4. The molecule has 1 rings (SSSR count). The third kappa shape index (κ3) is 5.70. The molecule has 0 unspecified atom stereocenters. The van der Waals surface area contributed by atoms with Gasteiger partial charge < -0.3 is 16.1 Å². The lowest BCUT2D eigenvalue weighted by molar-refractivity contribution is -0.251. The summed E-state index contributed by atoms with van der Waals surface area (Å²) in [6.45, 7) is 0. The van der Waals surface area contributed by atoms with Crippen molar-refractivity contribution in [3.8, 4) is 0 Å². The highest BCUT2D eigenvalue weighted by Gasteiger charge is 1.91. The predicted molar refractivity (Wildman–Crippen MR) is 57.5 cm³/mol. The van der Waals surface area contributed by atoms with Gasteiger partial charge in [-0.2, -0.15) is 4.83 Å². The standard InChI is InChI=1S/C7H8N2O2S2.H3N/c10-7(11)8-9-13-12-6-4-2-1-3-5-6;/h1-5,8-9H,(H,10,11);1H3. The molecule has 0 saturated carbocycles. The molecule has 0 spiro atoms. The number of hydrogen-bond acceptors (Lipinski definition) is 5. The number of carboxylic acid groups (broad SMARTS) is 1. The summed E-state index contributed by atoms with van der Waals surface area (Å²) < 4.78 is 0. The first kappa shape index (κ1) is 13.1. The van der Waals surface area contributed by atoms with Crippen LogP contribution in [0.1, 0.15) is 0 Å². The lowest BCUT2D eigenvalue weighted by Gasteiger charge is -2.05. The van der Waals surface area contributed by atoms with Crippen LogP contribution in [-0.2, 0) is 0 Å². The maximum atomic E-state index is 9.90. The number of benzene rings is 1. The Morgan fingerprint density at radius 1 is 1.29 bits per heavy atom. The van der Waals surface area contributed by atoms with Crippen LogP contribution in [0.5, 0.6) is 0 Å². The van der Waals surface area contributed by atoms with Crippen molar-refractivity contribution in [2.45, 2.75) is 4.90 Å². The van der Waals surface area contributed by atoms with Crippen molar-refractivity contribution in [1.82, 2.24) is 16.4 Å². The van der Waals surface area contributed by atoms with Crippen molar-refractivity contribution in [2.24, 2.45) is 0 Å². The molecule has 5 nitrogen and oxygen atoms in total. The second kappa shape index (κ2) is 7.51. The van der Waals surface area contributed by atoms with Crippen LogP contribution >= 0.6 is 21.8 Å². The average Bonchev–Trinajstić information content (AvgIpc) is 2.14. The van der Waals surface area contributed by atoms with E-state index in [9.17, 15) is 9.90 Å². The number of nitrogens with one attached hydrogen (secondary N) is 2. The van der Waals surface area contributed by atoms with Crippen LogP contribution in [0.3, 0.4) is 0 Å². The van der Waals surface area contributed by atoms with Gasteiger partial charge in [0.2, 0.25) is 0 Å². The molecular formula is C7H11N3O2S2. The van der Waals surface area contributed by atoms with Gasteiger partial charge in [0.05, 0.1) is 0 Å². The van der Waals surface area contributed by atoms with Crippen molar-refractivity contribution in [3.05, 3.63) is 30.3 Å². The van der Waals surface area contributed by atoms with E-state index in [4.69, 9.17) is 0 Å². The molecule has 0 aliphatic rings. The number of hydrazine groups is 1. The van der Waals surface area contributed by atoms with Gasteiger partial charge in [-0.05, 0) is 22.9 Å². The molecule has 7 heteroatoms. The van der Waals surface area contributed by atoms with Crippen molar-refractivity contribution in [3.63, 3.8) is 0 Å². The van der Waals surface area contributed by atoms with Gasteiger partial charge in [0, 0.05) is 15.9 Å². The molecule has 0 atom stereocenters. The number of carbonyl (C=O) groups is 1. The van der Waals surface area contributed by atoms with Gasteiger partial charge in [-0.25, -0.2) is 0 Å². The first-order valence-electron chi connectivity index (χ1n) is 3.39. The largest absolute Gasteiger partial charge is 0.529 e. The molecule has 0 heterocycles. The summed E-state index contributed by atoms with van der Waals surface area (Å²) in [7, 11) is 2.58. The Morgan fingerprint density at radius 3 is 2.50 bits per heavy atom. The first-order chi connectivity index (χ1) is 6.29. The van der Waals surface area contributed by atoms with E-state index in [1.54, 1.807) is 0 Å². The van der Waals surface area contributed by atoms with Crippen LogP contribution in [0.25, 0.3) is 0 Å². The zero-order valence-electron chi connectivity index (χ0n) is 7.52. The minimum absolute atomic E-state index is 0. The fourth-order valence-electron chi connectivity index (χ4n) is 0.607. The summed E-state index contributed by atoms with van der Waals surface area (Å²) in [5.74, 6) is 0. The topological polar surface area (TPSA) is 101 Å². The summed E-state index contributed by atoms with van der Waals surface area (Å²) >= 11 is 0. The van der Waals surface area contributed by atoms with Crippen molar-refractivity contribution >= 4 is 27.9 Å². The molecule has 1 amide bonds. The van der Waals surface area contributed by atoms with E-state index in [1.807, 2.05) is 35.8 Å². The number of hydrogen-bond donors (Lipinski definition) is 3. The molecule has 0 aliphatic heterocycles. The monoisotopic (exact) mass is 233 g/mol. The normalized spacial score (nSPS) is 8.86. The van der Waals surface area contributed by atoms with E-state index >= 15 is 0 Å². The van der Waals surface area contributed by atoms with Crippen LogP contribution in [0.15, 0.2) is 35.2 Å². The molecule has 0 aromatic heterocycles. The molecule has 1 aromatic rings. The fourth-order valence-corrected chi connectivity index (χ4v) is 2.01. The van der Waals surface area contributed by atoms with Crippen LogP contribution in [0, 0.1) is 0 Å². The number of amides is 1. The summed E-state index contributed by atoms with van der Waals surface area (Å²) in [6, 6.07) is 9.60. The van der Waals surface area contributed by atoms with Gasteiger partial charge in [-0.1, -0.05) is 18.2 Å². The Morgan fingerprint density at radius 2 is 1.93 bits per heavy atom. The number of carbonyl (C=O) groups excluding carboxylic acids is 1. The summed E-state index contributed by atoms with van der Waals surface area (Å²) in [6.07, 6.45) is -1.35. The first-order valence-corrected chi connectivity index (χ1v) is 5.54. The van der Waals surface area contributed by atoms with E-state index in [2.05, 4.69) is 4.83 Å². The third-order valence-corrected chi connectivity index (χ3v) is 2.89. The van der Waals surface area contributed by atoms with Crippen LogP contribution < -0.4 is 21.5 Å². The molecule has 0 saturated heterocycles. The Hall–Kier alpha value is -0.890. The molecule has 6 N–H and O–H groups in total. The Labute approximate surface area is 89.7 Å². The van der Waals surface area contributed by atoms with E-state index in [0.717, 1.165) is 4.90 Å². The van der Waals surface area contributed by atoms with Gasteiger partial charge in [0.1, 0.15) is 6.09 Å². The Bertz CT molecular complexity index is 271. The second-order valence-corrected chi connectivity index (χ2v) is 4.00. The summed E-state index contributed by atoms with van der Waals surface area (Å²) in [5.41, 5.74) is 1.91. The molecule has 0 fully saturated rings. The van der Waals surface area contributed by atoms with Gasteiger partial charge >= 0.3 is 0 Å². The molecule has 0 bridgehead atoms. The van der Waals surface area contributed by atoms with Crippen molar-refractivity contribution in [1.29, 1.82) is 0 Å². The third-order valence-electron chi connectivity index (χ3n) is 1.08. The molecule has 78 valence electrons. The van der Waals surface area contributed by atoms with Crippen LogP contribution in [0.4, 0.5) is 4.79 Å². The van der Waals surface area contributed by atoms with E-state index in [0.29, 0.717) is 0 Å². The maximum Gasteiger partial charge on any atom is 0.150 e. The van der Waals surface area contributed by atoms with Crippen LogP contribution in [-0.4, -0.2) is 6.09 Å². The van der Waals surface area contributed by atoms with E-state index in [-0.39, 0.29) is 6.15 Å². The quantitative estimate of drug-likeness (QED) is 0.313. The molecular weight excluding hydrogens is 222 g/mol. The molecule has 14 heavy (non-hydrogen) atoms. The van der Waals surface area contributed by atoms with Gasteiger partial charge in [-0.15, -0.1) is 0 Å². The molecule has 1 aromatic carbocycles. The highest BCUT2D eigenvalue weighted by atomic mass is 33.1. The van der Waals surface area contributed by atoms with E-state index in [1.165, 1.54) is 21.8 Å². The minimum atomic E-state index is -1.35. The zero-order chi connectivity index (χ0) is 9.52. The Kier molecular flexibility index (Phi) is 7.03. The predicted octanol–water partition coefficient (Wildman–Crippen LogP) is 1.16. The van der Waals surface area contributed by atoms with Gasteiger partial charge in [-0.3, -0.25) is 5.43 Å². The number of rotatable bonds is 4. The van der Waals surface area contributed by atoms with Gasteiger partial charge in [0.15, 0.2) is 0 Å². The highest BCUT2D eigenvalue weighted by molar-refractivity contribution is 8.76. The molecule has 0 radical (unpaired) electrons.